The lowest BCUT2D eigenvalue weighted by Gasteiger charge is -2.12. The zero-order chi connectivity index (χ0) is 14.7. The van der Waals surface area contributed by atoms with Crippen LogP contribution in [0.2, 0.25) is 0 Å². The van der Waals surface area contributed by atoms with Crippen LogP contribution in [0.15, 0.2) is 18.2 Å². The van der Waals surface area contributed by atoms with Crippen molar-refractivity contribution in [3.8, 4) is 5.75 Å². The number of aromatic nitrogens is 2. The van der Waals surface area contributed by atoms with Crippen LogP contribution >= 0.6 is 0 Å². The van der Waals surface area contributed by atoms with Gasteiger partial charge in [0.25, 0.3) is 0 Å². The minimum absolute atomic E-state index is 0.658. The number of hydrogen-bond donors (Lipinski definition) is 1. The molecule has 20 heavy (non-hydrogen) atoms. The van der Waals surface area contributed by atoms with E-state index in [9.17, 15) is 0 Å². The van der Waals surface area contributed by atoms with Gasteiger partial charge in [0.05, 0.1) is 19.3 Å². The number of hydrogen-bond acceptors (Lipinski definition) is 3. The molecular formula is C16H23N3O. The Morgan fingerprint density at radius 1 is 1.25 bits per heavy atom. The van der Waals surface area contributed by atoms with E-state index in [2.05, 4.69) is 31.1 Å². The molecule has 108 valence electrons. The summed E-state index contributed by atoms with van der Waals surface area (Å²) >= 11 is 0. The molecule has 0 aliphatic heterocycles. The van der Waals surface area contributed by atoms with Crippen LogP contribution < -0.4 is 10.5 Å². The van der Waals surface area contributed by atoms with E-state index in [1.807, 2.05) is 17.7 Å². The zero-order valence-electron chi connectivity index (χ0n) is 12.7. The molecular weight excluding hydrogens is 250 g/mol. The highest BCUT2D eigenvalue weighted by atomic mass is 16.5. The third kappa shape index (κ3) is 2.85. The number of benzene rings is 1. The fraction of sp³-hybridized carbons (Fsp3) is 0.438. The van der Waals surface area contributed by atoms with Crippen LogP contribution in [0.5, 0.6) is 5.75 Å². The molecule has 0 saturated carbocycles. The molecule has 1 aromatic heterocycles. The topological polar surface area (TPSA) is 53.1 Å². The molecule has 2 rings (SSSR count). The molecule has 0 bridgehead atoms. The van der Waals surface area contributed by atoms with E-state index in [-0.39, 0.29) is 0 Å². The van der Waals surface area contributed by atoms with Gasteiger partial charge in [0.2, 0.25) is 0 Å². The van der Waals surface area contributed by atoms with E-state index in [0.717, 1.165) is 30.0 Å². The average Bonchev–Trinajstić information content (AvgIpc) is 2.67. The summed E-state index contributed by atoms with van der Waals surface area (Å²) < 4.78 is 7.49. The molecule has 0 aliphatic carbocycles. The maximum atomic E-state index is 5.63. The quantitative estimate of drug-likeness (QED) is 0.910. The van der Waals surface area contributed by atoms with Crippen LogP contribution in [-0.4, -0.2) is 23.4 Å². The molecule has 0 saturated heterocycles. The van der Waals surface area contributed by atoms with Gasteiger partial charge in [-0.2, -0.15) is 5.10 Å². The summed E-state index contributed by atoms with van der Waals surface area (Å²) in [5.41, 5.74) is 11.5. The lowest BCUT2D eigenvalue weighted by atomic mass is 10.1. The van der Waals surface area contributed by atoms with E-state index >= 15 is 0 Å². The molecule has 0 radical (unpaired) electrons. The third-order valence-corrected chi connectivity index (χ3v) is 3.84. The lowest BCUT2D eigenvalue weighted by molar-refractivity contribution is 0.407. The molecule has 4 heteroatoms. The summed E-state index contributed by atoms with van der Waals surface area (Å²) in [6, 6.07) is 6.25. The van der Waals surface area contributed by atoms with Crippen LogP contribution in [-0.2, 0) is 13.0 Å². The Morgan fingerprint density at radius 2 is 2.00 bits per heavy atom. The zero-order valence-corrected chi connectivity index (χ0v) is 12.7. The van der Waals surface area contributed by atoms with Gasteiger partial charge in [-0.05, 0) is 50.9 Å². The molecule has 0 atom stereocenters. The van der Waals surface area contributed by atoms with E-state index in [1.165, 1.54) is 16.8 Å². The predicted molar refractivity (Wildman–Crippen MR) is 81.3 cm³/mol. The fourth-order valence-electron chi connectivity index (χ4n) is 2.38. The van der Waals surface area contributed by atoms with E-state index < -0.39 is 0 Å². The van der Waals surface area contributed by atoms with Crippen molar-refractivity contribution in [2.75, 3.05) is 13.7 Å². The Bertz CT molecular complexity index is 602. The van der Waals surface area contributed by atoms with E-state index in [1.54, 1.807) is 7.11 Å². The lowest BCUT2D eigenvalue weighted by Crippen LogP contribution is -2.08. The van der Waals surface area contributed by atoms with E-state index in [4.69, 9.17) is 10.5 Å². The summed E-state index contributed by atoms with van der Waals surface area (Å²) in [6.07, 6.45) is 0.882. The standard InChI is InChI=1S/C16H23N3O/c1-11-12(2)18-19(13(11)3)10-15-9-14(7-8-17)5-6-16(15)20-4/h5-6,9H,7-8,10,17H2,1-4H3. The van der Waals surface area contributed by atoms with Crippen molar-refractivity contribution in [1.82, 2.24) is 9.78 Å². The van der Waals surface area contributed by atoms with Crippen LogP contribution in [0.4, 0.5) is 0 Å². The molecule has 1 heterocycles. The smallest absolute Gasteiger partial charge is 0.123 e. The molecule has 2 aromatic rings. The number of nitrogens with zero attached hydrogens (tertiary/aromatic N) is 2. The fourth-order valence-corrected chi connectivity index (χ4v) is 2.38. The Balaban J connectivity index is 2.35. The summed E-state index contributed by atoms with van der Waals surface area (Å²) in [6.45, 7) is 7.63. The first-order valence-corrected chi connectivity index (χ1v) is 6.93. The van der Waals surface area contributed by atoms with Gasteiger partial charge in [-0.1, -0.05) is 12.1 Å². The average molecular weight is 273 g/mol. The van der Waals surface area contributed by atoms with Gasteiger partial charge >= 0.3 is 0 Å². The Labute approximate surface area is 120 Å². The Kier molecular flexibility index (Phi) is 4.45. The summed E-state index contributed by atoms with van der Waals surface area (Å²) in [5.74, 6) is 0.899. The molecule has 0 aliphatic rings. The number of rotatable bonds is 5. The number of nitrogens with two attached hydrogens (primary N) is 1. The maximum Gasteiger partial charge on any atom is 0.123 e. The first-order chi connectivity index (χ1) is 9.56. The Hall–Kier alpha value is -1.81. The molecule has 0 amide bonds. The molecule has 1 aromatic carbocycles. The van der Waals surface area contributed by atoms with Gasteiger partial charge < -0.3 is 10.5 Å². The molecule has 0 spiro atoms. The third-order valence-electron chi connectivity index (χ3n) is 3.84. The van der Waals surface area contributed by atoms with Gasteiger partial charge in [0.15, 0.2) is 0 Å². The second-order valence-electron chi connectivity index (χ2n) is 5.14. The van der Waals surface area contributed by atoms with Crippen LogP contribution in [0.1, 0.15) is 28.1 Å². The van der Waals surface area contributed by atoms with Crippen molar-refractivity contribution in [2.24, 2.45) is 5.73 Å². The van der Waals surface area contributed by atoms with Crippen molar-refractivity contribution in [3.05, 3.63) is 46.3 Å². The molecule has 4 nitrogen and oxygen atoms in total. The monoisotopic (exact) mass is 273 g/mol. The first-order valence-electron chi connectivity index (χ1n) is 6.93. The number of ether oxygens (including phenoxy) is 1. The van der Waals surface area contributed by atoms with Crippen molar-refractivity contribution in [2.45, 2.75) is 33.7 Å². The first kappa shape index (κ1) is 14.6. The summed E-state index contributed by atoms with van der Waals surface area (Å²) in [5, 5.41) is 4.59. The summed E-state index contributed by atoms with van der Waals surface area (Å²) in [4.78, 5) is 0. The number of methoxy groups -OCH3 is 1. The van der Waals surface area contributed by atoms with Crippen molar-refractivity contribution in [1.29, 1.82) is 0 Å². The minimum Gasteiger partial charge on any atom is -0.496 e. The van der Waals surface area contributed by atoms with Crippen molar-refractivity contribution >= 4 is 0 Å². The highest BCUT2D eigenvalue weighted by Gasteiger charge is 2.11. The van der Waals surface area contributed by atoms with Gasteiger partial charge in [-0.15, -0.1) is 0 Å². The van der Waals surface area contributed by atoms with Crippen molar-refractivity contribution < 1.29 is 4.74 Å². The van der Waals surface area contributed by atoms with Crippen LogP contribution in [0.3, 0.4) is 0 Å². The van der Waals surface area contributed by atoms with Gasteiger partial charge in [0.1, 0.15) is 5.75 Å². The predicted octanol–water partition coefficient (Wildman–Crippen LogP) is 2.37. The van der Waals surface area contributed by atoms with Crippen LogP contribution in [0.25, 0.3) is 0 Å². The van der Waals surface area contributed by atoms with Gasteiger partial charge in [-0.25, -0.2) is 0 Å². The largest absolute Gasteiger partial charge is 0.496 e. The van der Waals surface area contributed by atoms with Gasteiger partial charge in [-0.3, -0.25) is 4.68 Å². The highest BCUT2D eigenvalue weighted by molar-refractivity contribution is 5.38. The number of aryl methyl sites for hydroxylation is 1. The summed E-state index contributed by atoms with van der Waals surface area (Å²) in [7, 11) is 1.70. The molecule has 0 fully saturated rings. The SMILES string of the molecule is COc1ccc(CCN)cc1Cn1nc(C)c(C)c1C. The second-order valence-corrected chi connectivity index (χ2v) is 5.14. The van der Waals surface area contributed by atoms with Gasteiger partial charge in [0, 0.05) is 11.3 Å². The highest BCUT2D eigenvalue weighted by Crippen LogP contribution is 2.22. The second kappa shape index (κ2) is 6.09. The molecule has 2 N–H and O–H groups in total. The maximum absolute atomic E-state index is 5.63. The molecule has 0 unspecified atom stereocenters. The Morgan fingerprint density at radius 3 is 2.55 bits per heavy atom. The van der Waals surface area contributed by atoms with E-state index in [0.29, 0.717) is 6.54 Å². The van der Waals surface area contributed by atoms with Crippen molar-refractivity contribution in [3.63, 3.8) is 0 Å². The van der Waals surface area contributed by atoms with Crippen LogP contribution in [0, 0.1) is 20.8 Å². The minimum atomic E-state index is 0.658. The normalized spacial score (nSPS) is 10.8.